The van der Waals surface area contributed by atoms with E-state index in [1.807, 2.05) is 30.5 Å². The van der Waals surface area contributed by atoms with Gasteiger partial charge < -0.3 is 15.4 Å². The van der Waals surface area contributed by atoms with Gasteiger partial charge in [0.1, 0.15) is 5.75 Å². The normalized spacial score (nSPS) is 12.9. The molecule has 0 unspecified atom stereocenters. The number of benzene rings is 1. The Bertz CT molecular complexity index is 977. The van der Waals surface area contributed by atoms with Crippen LogP contribution in [0.4, 0.5) is 16.8 Å². The molecule has 0 fully saturated rings. The summed E-state index contributed by atoms with van der Waals surface area (Å²) in [5.74, 6) is 1.37. The van der Waals surface area contributed by atoms with E-state index in [9.17, 15) is 0 Å². The Labute approximate surface area is 163 Å². The summed E-state index contributed by atoms with van der Waals surface area (Å²) in [6.07, 6.45) is 3.77. The Morgan fingerprint density at radius 3 is 2.78 bits per heavy atom. The second-order valence-corrected chi connectivity index (χ2v) is 8.59. The number of hydrogen-bond donors (Lipinski definition) is 2. The van der Waals surface area contributed by atoms with Crippen LogP contribution in [0.25, 0.3) is 10.6 Å². The molecular weight excluding hydrogens is 358 g/mol. The molecule has 0 saturated heterocycles. The molecule has 1 aromatic carbocycles. The van der Waals surface area contributed by atoms with Gasteiger partial charge in [0.25, 0.3) is 0 Å². The number of fused-ring (bicyclic) bond motifs is 3. The fraction of sp³-hybridized carbons (Fsp3) is 0.350. The van der Waals surface area contributed by atoms with E-state index >= 15 is 0 Å². The lowest BCUT2D eigenvalue weighted by Crippen LogP contribution is -2.25. The molecule has 0 aliphatic heterocycles. The minimum absolute atomic E-state index is 0.0198. The molecule has 2 N–H and O–H groups in total. The molecule has 0 spiro atoms. The van der Waals surface area contributed by atoms with E-state index in [-0.39, 0.29) is 5.54 Å². The van der Waals surface area contributed by atoms with Crippen molar-refractivity contribution in [1.29, 1.82) is 0 Å². The first-order valence-corrected chi connectivity index (χ1v) is 9.78. The van der Waals surface area contributed by atoms with Crippen molar-refractivity contribution < 1.29 is 4.74 Å². The summed E-state index contributed by atoms with van der Waals surface area (Å²) in [5.41, 5.74) is 4.14. The fourth-order valence-electron chi connectivity index (χ4n) is 3.01. The van der Waals surface area contributed by atoms with Crippen LogP contribution in [0.15, 0.2) is 30.5 Å². The molecule has 7 heteroatoms. The third-order valence-corrected chi connectivity index (χ3v) is 5.24. The second kappa shape index (κ2) is 6.81. The second-order valence-electron chi connectivity index (χ2n) is 7.59. The maximum atomic E-state index is 5.28. The number of aromatic nitrogens is 3. The van der Waals surface area contributed by atoms with Crippen molar-refractivity contribution in [2.45, 2.75) is 39.2 Å². The highest BCUT2D eigenvalue weighted by atomic mass is 32.1. The quantitative estimate of drug-likeness (QED) is 0.685. The van der Waals surface area contributed by atoms with Crippen LogP contribution in [0.3, 0.4) is 0 Å². The highest BCUT2D eigenvalue weighted by Crippen LogP contribution is 2.39. The zero-order chi connectivity index (χ0) is 19.0. The van der Waals surface area contributed by atoms with E-state index in [0.717, 1.165) is 45.7 Å². The Kier molecular flexibility index (Phi) is 4.47. The fourth-order valence-corrected chi connectivity index (χ4v) is 4.26. The molecule has 6 nitrogen and oxygen atoms in total. The molecule has 0 atom stereocenters. The number of hydrogen-bond acceptors (Lipinski definition) is 7. The number of rotatable bonds is 4. The Morgan fingerprint density at radius 1 is 1.15 bits per heavy atom. The number of nitrogens with one attached hydrogen (secondary N) is 2. The first-order chi connectivity index (χ1) is 12.9. The number of thiazole rings is 1. The van der Waals surface area contributed by atoms with Crippen molar-refractivity contribution in [2.75, 3.05) is 17.7 Å². The molecule has 27 heavy (non-hydrogen) atoms. The first-order valence-electron chi connectivity index (χ1n) is 8.96. The number of nitrogens with zero attached hydrogens (tertiary/aromatic N) is 3. The monoisotopic (exact) mass is 381 g/mol. The maximum Gasteiger partial charge on any atom is 0.227 e. The van der Waals surface area contributed by atoms with E-state index in [4.69, 9.17) is 14.7 Å². The molecule has 4 rings (SSSR count). The summed E-state index contributed by atoms with van der Waals surface area (Å²) < 4.78 is 5.28. The maximum absolute atomic E-state index is 5.28. The Hall–Kier alpha value is -2.67. The number of ether oxygens (including phenoxy) is 1. The number of methoxy groups -OCH3 is 1. The van der Waals surface area contributed by atoms with Gasteiger partial charge in [0, 0.05) is 23.5 Å². The van der Waals surface area contributed by atoms with Gasteiger partial charge in [0.05, 0.1) is 23.4 Å². The zero-order valence-corrected chi connectivity index (χ0v) is 16.8. The van der Waals surface area contributed by atoms with Crippen LogP contribution in [0.5, 0.6) is 5.75 Å². The molecule has 0 amide bonds. The van der Waals surface area contributed by atoms with Crippen LogP contribution >= 0.6 is 11.3 Å². The third kappa shape index (κ3) is 3.88. The first kappa shape index (κ1) is 17.7. The van der Waals surface area contributed by atoms with Crippen molar-refractivity contribution in [3.05, 3.63) is 41.7 Å². The van der Waals surface area contributed by atoms with Crippen LogP contribution in [-0.4, -0.2) is 27.6 Å². The van der Waals surface area contributed by atoms with Crippen molar-refractivity contribution >= 4 is 28.1 Å². The highest BCUT2D eigenvalue weighted by molar-refractivity contribution is 7.19. The predicted molar refractivity (Wildman–Crippen MR) is 110 cm³/mol. The lowest BCUT2D eigenvalue weighted by atomic mass is 10.00. The molecule has 2 aromatic heterocycles. The van der Waals surface area contributed by atoms with E-state index in [2.05, 4.69) is 36.4 Å². The van der Waals surface area contributed by atoms with Gasteiger partial charge in [-0.3, -0.25) is 0 Å². The summed E-state index contributed by atoms with van der Waals surface area (Å²) in [5, 5.41) is 7.69. The van der Waals surface area contributed by atoms with Gasteiger partial charge >= 0.3 is 0 Å². The van der Waals surface area contributed by atoms with Gasteiger partial charge in [0.15, 0.2) is 5.13 Å². The molecule has 3 aromatic rings. The Morgan fingerprint density at radius 2 is 2.00 bits per heavy atom. The summed E-state index contributed by atoms with van der Waals surface area (Å²) >= 11 is 1.67. The van der Waals surface area contributed by atoms with E-state index in [0.29, 0.717) is 5.95 Å². The molecule has 140 valence electrons. The van der Waals surface area contributed by atoms with Gasteiger partial charge in [0.2, 0.25) is 5.95 Å². The average Bonchev–Trinajstić information content (AvgIpc) is 3.03. The zero-order valence-electron chi connectivity index (χ0n) is 16.0. The summed E-state index contributed by atoms with van der Waals surface area (Å²) in [4.78, 5) is 15.2. The summed E-state index contributed by atoms with van der Waals surface area (Å²) in [6.45, 7) is 6.42. The van der Waals surface area contributed by atoms with Gasteiger partial charge in [-0.1, -0.05) is 17.4 Å². The van der Waals surface area contributed by atoms with Crippen LogP contribution in [0.1, 0.15) is 32.0 Å². The minimum atomic E-state index is -0.0198. The summed E-state index contributed by atoms with van der Waals surface area (Å²) in [6, 6.07) is 7.73. The third-order valence-electron chi connectivity index (χ3n) is 4.22. The van der Waals surface area contributed by atoms with Crippen LogP contribution in [-0.2, 0) is 12.8 Å². The van der Waals surface area contributed by atoms with Crippen molar-refractivity contribution in [3.8, 4) is 16.3 Å². The molecule has 1 aliphatic rings. The molecule has 0 saturated carbocycles. The van der Waals surface area contributed by atoms with E-state index in [1.54, 1.807) is 18.4 Å². The van der Waals surface area contributed by atoms with Gasteiger partial charge in [-0.25, -0.2) is 15.0 Å². The van der Waals surface area contributed by atoms with E-state index in [1.165, 1.54) is 5.56 Å². The average molecular weight is 382 g/mol. The van der Waals surface area contributed by atoms with Gasteiger partial charge in [-0.05, 0) is 51.3 Å². The SMILES string of the molecule is COc1cccc(Nc2ncc3c(n2)-c2sc(NC(C)(C)C)nc2CC3)c1. The summed E-state index contributed by atoms with van der Waals surface area (Å²) in [7, 11) is 1.66. The largest absolute Gasteiger partial charge is 0.497 e. The molecule has 0 radical (unpaired) electrons. The lowest BCUT2D eigenvalue weighted by molar-refractivity contribution is 0.415. The highest BCUT2D eigenvalue weighted by Gasteiger charge is 2.24. The number of anilines is 3. The van der Waals surface area contributed by atoms with Crippen molar-refractivity contribution in [1.82, 2.24) is 15.0 Å². The van der Waals surface area contributed by atoms with Crippen molar-refractivity contribution in [3.63, 3.8) is 0 Å². The molecule has 1 aliphatic carbocycles. The molecular formula is C20H23N5OS. The van der Waals surface area contributed by atoms with E-state index < -0.39 is 0 Å². The topological polar surface area (TPSA) is 72.0 Å². The lowest BCUT2D eigenvalue weighted by Gasteiger charge is -2.19. The Balaban J connectivity index is 1.65. The van der Waals surface area contributed by atoms with Crippen LogP contribution < -0.4 is 15.4 Å². The number of aryl methyl sites for hydroxylation is 2. The van der Waals surface area contributed by atoms with Crippen LogP contribution in [0, 0.1) is 0 Å². The minimum Gasteiger partial charge on any atom is -0.497 e. The van der Waals surface area contributed by atoms with Gasteiger partial charge in [-0.15, -0.1) is 0 Å². The van der Waals surface area contributed by atoms with Crippen LogP contribution in [0.2, 0.25) is 0 Å². The smallest absolute Gasteiger partial charge is 0.227 e. The molecule has 2 heterocycles. The van der Waals surface area contributed by atoms with Crippen molar-refractivity contribution in [2.24, 2.45) is 0 Å². The van der Waals surface area contributed by atoms with Gasteiger partial charge in [-0.2, -0.15) is 0 Å². The predicted octanol–water partition coefficient (Wildman–Crippen LogP) is 4.66. The molecule has 0 bridgehead atoms. The standard InChI is InChI=1S/C20H23N5OS/c1-20(2,3)25-19-23-15-9-8-12-11-21-18(24-16(12)17(15)27-19)22-13-6-5-7-14(10-13)26-4/h5-7,10-11H,8-9H2,1-4H3,(H,23,25)(H,21,22,24).